The number of hydrogen-bond donors (Lipinski definition) is 0. The summed E-state index contributed by atoms with van der Waals surface area (Å²) in [7, 11) is 0. The number of aryl methyl sites for hydroxylation is 1. The van der Waals surface area contributed by atoms with E-state index in [9.17, 15) is 4.39 Å². The molecule has 0 unspecified atom stereocenters. The molecule has 0 N–H and O–H groups in total. The highest BCUT2D eigenvalue weighted by atomic mass is 19.1. The molecule has 14 heavy (non-hydrogen) atoms. The van der Waals surface area contributed by atoms with Crippen LogP contribution in [0, 0.1) is 5.82 Å². The Balaban J connectivity index is 2.78. The summed E-state index contributed by atoms with van der Waals surface area (Å²) < 4.78 is 18.8. The summed E-state index contributed by atoms with van der Waals surface area (Å²) in [4.78, 5) is 0. The fourth-order valence-electron chi connectivity index (χ4n) is 1.38. The van der Waals surface area contributed by atoms with Gasteiger partial charge in [0.25, 0.3) is 0 Å². The van der Waals surface area contributed by atoms with Crippen LogP contribution in [-0.2, 0) is 6.42 Å². The summed E-state index contributed by atoms with van der Waals surface area (Å²) in [6.07, 6.45) is 2.90. The van der Waals surface area contributed by atoms with Crippen molar-refractivity contribution in [2.45, 2.75) is 33.1 Å². The fourth-order valence-corrected chi connectivity index (χ4v) is 1.38. The van der Waals surface area contributed by atoms with Gasteiger partial charge in [0.2, 0.25) is 0 Å². The lowest BCUT2D eigenvalue weighted by atomic mass is 10.1. The van der Waals surface area contributed by atoms with Crippen LogP contribution in [0.4, 0.5) is 4.39 Å². The lowest BCUT2D eigenvalue weighted by molar-refractivity contribution is 0.320. The standard InChI is InChI=1S/C12H17FO/c1-3-5-7-10-8-6-9-11(12(10)13)14-4-2/h6,8-9H,3-5,7H2,1-2H3. The minimum absolute atomic E-state index is 0.192. The van der Waals surface area contributed by atoms with Gasteiger partial charge >= 0.3 is 0 Å². The SMILES string of the molecule is CCCCc1cccc(OCC)c1F. The van der Waals surface area contributed by atoms with Crippen molar-refractivity contribution >= 4 is 0 Å². The van der Waals surface area contributed by atoms with E-state index in [1.165, 1.54) is 0 Å². The normalized spacial score (nSPS) is 10.2. The van der Waals surface area contributed by atoms with Gasteiger partial charge in [0.05, 0.1) is 6.61 Å². The van der Waals surface area contributed by atoms with Crippen LogP contribution in [0.5, 0.6) is 5.75 Å². The van der Waals surface area contributed by atoms with Crippen LogP contribution < -0.4 is 4.74 Å². The van der Waals surface area contributed by atoms with E-state index in [-0.39, 0.29) is 5.82 Å². The number of hydrogen-bond acceptors (Lipinski definition) is 1. The maximum Gasteiger partial charge on any atom is 0.168 e. The van der Waals surface area contributed by atoms with Crippen molar-refractivity contribution in [3.63, 3.8) is 0 Å². The van der Waals surface area contributed by atoms with Crippen LogP contribution in [0.3, 0.4) is 0 Å². The molecule has 0 heterocycles. The zero-order valence-corrected chi connectivity index (χ0v) is 8.85. The molecule has 0 saturated carbocycles. The Hall–Kier alpha value is -1.05. The summed E-state index contributed by atoms with van der Waals surface area (Å²) in [6, 6.07) is 5.35. The Morgan fingerprint density at radius 1 is 1.29 bits per heavy atom. The Morgan fingerprint density at radius 2 is 2.07 bits per heavy atom. The highest BCUT2D eigenvalue weighted by molar-refractivity contribution is 5.31. The van der Waals surface area contributed by atoms with Gasteiger partial charge < -0.3 is 4.74 Å². The Morgan fingerprint density at radius 3 is 2.71 bits per heavy atom. The van der Waals surface area contributed by atoms with Gasteiger partial charge in [-0.15, -0.1) is 0 Å². The van der Waals surface area contributed by atoms with Crippen LogP contribution in [0.1, 0.15) is 32.3 Å². The van der Waals surface area contributed by atoms with E-state index in [0.717, 1.165) is 24.8 Å². The average molecular weight is 196 g/mol. The van der Waals surface area contributed by atoms with Crippen molar-refractivity contribution in [3.05, 3.63) is 29.6 Å². The second-order valence-corrected chi connectivity index (χ2v) is 3.27. The van der Waals surface area contributed by atoms with Gasteiger partial charge in [-0.25, -0.2) is 4.39 Å². The van der Waals surface area contributed by atoms with E-state index in [1.54, 1.807) is 6.07 Å². The number of rotatable bonds is 5. The summed E-state index contributed by atoms with van der Waals surface area (Å²) in [5, 5.41) is 0. The maximum absolute atomic E-state index is 13.7. The van der Waals surface area contributed by atoms with E-state index in [0.29, 0.717) is 12.4 Å². The van der Waals surface area contributed by atoms with Crippen molar-refractivity contribution in [2.75, 3.05) is 6.61 Å². The molecule has 0 aromatic heterocycles. The van der Waals surface area contributed by atoms with Gasteiger partial charge in [-0.2, -0.15) is 0 Å². The van der Waals surface area contributed by atoms with Crippen LogP contribution >= 0.6 is 0 Å². The largest absolute Gasteiger partial charge is 0.491 e. The zero-order chi connectivity index (χ0) is 10.4. The third-order valence-corrected chi connectivity index (χ3v) is 2.14. The highest BCUT2D eigenvalue weighted by Crippen LogP contribution is 2.21. The molecular weight excluding hydrogens is 179 g/mol. The van der Waals surface area contributed by atoms with E-state index in [2.05, 4.69) is 6.92 Å². The molecule has 0 aliphatic heterocycles. The third-order valence-electron chi connectivity index (χ3n) is 2.14. The number of unbranched alkanes of at least 4 members (excludes halogenated alkanes) is 1. The smallest absolute Gasteiger partial charge is 0.168 e. The second kappa shape index (κ2) is 5.63. The molecule has 0 fully saturated rings. The number of halogens is 1. The molecule has 0 radical (unpaired) electrons. The summed E-state index contributed by atoms with van der Waals surface area (Å²) >= 11 is 0. The molecule has 1 aromatic rings. The third kappa shape index (κ3) is 2.72. The molecule has 0 bridgehead atoms. The first-order valence-electron chi connectivity index (χ1n) is 5.19. The first-order chi connectivity index (χ1) is 6.79. The molecule has 0 atom stereocenters. The summed E-state index contributed by atoms with van der Waals surface area (Å²) in [5.74, 6) is 0.184. The van der Waals surface area contributed by atoms with Gasteiger partial charge in [-0.05, 0) is 31.4 Å². The summed E-state index contributed by atoms with van der Waals surface area (Å²) in [6.45, 7) is 4.47. The van der Waals surface area contributed by atoms with Crippen molar-refractivity contribution in [3.8, 4) is 5.75 Å². The van der Waals surface area contributed by atoms with Crippen molar-refractivity contribution in [1.82, 2.24) is 0 Å². The van der Waals surface area contributed by atoms with E-state index in [1.807, 2.05) is 19.1 Å². The predicted octanol–water partition coefficient (Wildman–Crippen LogP) is 3.57. The molecule has 1 rings (SSSR count). The first kappa shape index (κ1) is 11.0. The van der Waals surface area contributed by atoms with Crippen molar-refractivity contribution < 1.29 is 9.13 Å². The van der Waals surface area contributed by atoms with Crippen LogP contribution in [-0.4, -0.2) is 6.61 Å². The number of benzene rings is 1. The van der Waals surface area contributed by atoms with E-state index in [4.69, 9.17) is 4.74 Å². The first-order valence-corrected chi connectivity index (χ1v) is 5.19. The molecule has 1 aromatic carbocycles. The van der Waals surface area contributed by atoms with Gasteiger partial charge in [-0.3, -0.25) is 0 Å². The molecular formula is C12H17FO. The quantitative estimate of drug-likeness (QED) is 0.699. The maximum atomic E-state index is 13.7. The van der Waals surface area contributed by atoms with E-state index >= 15 is 0 Å². The lowest BCUT2D eigenvalue weighted by Gasteiger charge is -2.08. The van der Waals surface area contributed by atoms with Gasteiger partial charge in [-0.1, -0.05) is 25.5 Å². The van der Waals surface area contributed by atoms with Crippen molar-refractivity contribution in [2.24, 2.45) is 0 Å². The van der Waals surface area contributed by atoms with Crippen molar-refractivity contribution in [1.29, 1.82) is 0 Å². The van der Waals surface area contributed by atoms with E-state index < -0.39 is 0 Å². The van der Waals surface area contributed by atoms with Gasteiger partial charge in [0.1, 0.15) is 0 Å². The topological polar surface area (TPSA) is 9.23 Å². The van der Waals surface area contributed by atoms with Crippen LogP contribution in [0.2, 0.25) is 0 Å². The van der Waals surface area contributed by atoms with Crippen LogP contribution in [0.25, 0.3) is 0 Å². The second-order valence-electron chi connectivity index (χ2n) is 3.27. The average Bonchev–Trinajstić information content (AvgIpc) is 2.20. The lowest BCUT2D eigenvalue weighted by Crippen LogP contribution is -1.98. The molecule has 0 saturated heterocycles. The summed E-state index contributed by atoms with van der Waals surface area (Å²) in [5.41, 5.74) is 0.762. The molecule has 0 amide bonds. The molecule has 0 aliphatic rings. The monoisotopic (exact) mass is 196 g/mol. The van der Waals surface area contributed by atoms with Gasteiger partial charge in [0.15, 0.2) is 11.6 Å². The fraction of sp³-hybridized carbons (Fsp3) is 0.500. The zero-order valence-electron chi connectivity index (χ0n) is 8.85. The molecule has 0 aliphatic carbocycles. The Bertz CT molecular complexity index is 284. The number of ether oxygens (including phenoxy) is 1. The van der Waals surface area contributed by atoms with Crippen LogP contribution in [0.15, 0.2) is 18.2 Å². The predicted molar refractivity (Wildman–Crippen MR) is 56.2 cm³/mol. The molecule has 0 spiro atoms. The molecule has 2 heteroatoms. The Kier molecular flexibility index (Phi) is 4.44. The highest BCUT2D eigenvalue weighted by Gasteiger charge is 2.07. The minimum Gasteiger partial charge on any atom is -0.491 e. The van der Waals surface area contributed by atoms with Gasteiger partial charge in [0, 0.05) is 0 Å². The minimum atomic E-state index is -0.192. The Labute approximate surface area is 84.9 Å². The molecule has 78 valence electrons. The molecule has 1 nitrogen and oxygen atoms in total.